The van der Waals surface area contributed by atoms with Crippen molar-refractivity contribution in [1.29, 1.82) is 0 Å². The number of rotatable bonds is 12. The van der Waals surface area contributed by atoms with Gasteiger partial charge in [0.15, 0.2) is 0 Å². The van der Waals surface area contributed by atoms with Crippen LogP contribution < -0.4 is 30.3 Å². The predicted octanol–water partition coefficient (Wildman–Crippen LogP) is 20.2. The van der Waals surface area contributed by atoms with E-state index in [0.717, 1.165) is 86.9 Å². The minimum Gasteiger partial charge on any atom is -0.508 e. The monoisotopic (exact) mass is 1610 g/mol. The summed E-state index contributed by atoms with van der Waals surface area (Å²) in [4.78, 5) is 14.7. The largest absolute Gasteiger partial charge is 0.508 e. The van der Waals surface area contributed by atoms with Crippen molar-refractivity contribution in [1.82, 2.24) is 14.7 Å². The number of nitrogens with zero attached hydrogens (tertiary/aromatic N) is 6. The van der Waals surface area contributed by atoms with Crippen LogP contribution in [0.25, 0.3) is 0 Å². The van der Waals surface area contributed by atoms with Gasteiger partial charge in [-0.05, 0) is 244 Å². The second kappa shape index (κ2) is 45.2. The van der Waals surface area contributed by atoms with Crippen LogP contribution in [0.2, 0.25) is 55.9 Å². The molecule has 3 aliphatic heterocycles. The fourth-order valence-corrected chi connectivity index (χ4v) is 33.7. The van der Waals surface area contributed by atoms with Crippen LogP contribution in [0.3, 0.4) is 0 Å². The molecule has 0 bridgehead atoms. The van der Waals surface area contributed by atoms with E-state index in [1.807, 2.05) is 133 Å². The number of likely N-dealkylation sites (tertiary alicyclic amines) is 3. The number of benzene rings is 6. The zero-order chi connectivity index (χ0) is 72.9. The number of para-hydroxylation sites is 6. The molecule has 0 aromatic heterocycles. The molecule has 6 saturated carbocycles. The first-order valence-electron chi connectivity index (χ1n) is 40.2. The Labute approximate surface area is 720 Å². The Hall–Kier alpha value is -3.13. The Morgan fingerprint density at radius 3 is 0.685 bits per heavy atom. The summed E-state index contributed by atoms with van der Waals surface area (Å²) in [6.07, 6.45) is 29.8. The topological polar surface area (TPSA) is 80.1 Å². The van der Waals surface area contributed by atoms with E-state index in [1.165, 1.54) is 207 Å². The SMILES string of the molecule is C[Si](C)(c1ccccc1O)C1CC(N2CCCC2)C2CCCCC21.C[Si](C)(c1ccccc1O)C1CC(N2CCCC2)C2CCCCC21.C[Si](C)(c1ccccc1O)C1CC(N2CCCC2)C2CCCCC21.[CH2-]c1ccccc1N(C)C.[CH2-]c1ccccc1N(C)C.[CH2-]c1ccccc1N(C)C.[CH3-].[CH3-].[CH3-].[Sc].[Sc].[Sc]. The fourth-order valence-electron chi connectivity index (χ4n) is 21.8. The van der Waals surface area contributed by atoms with E-state index in [-0.39, 0.29) is 99.8 Å². The molecule has 3 N–H and O–H groups in total. The van der Waals surface area contributed by atoms with Crippen molar-refractivity contribution in [2.75, 3.05) is 96.3 Å². The maximum atomic E-state index is 10.5. The molecule has 12 atom stereocenters. The Morgan fingerprint density at radius 1 is 0.296 bits per heavy atom. The van der Waals surface area contributed by atoms with E-state index < -0.39 is 24.2 Å². The van der Waals surface area contributed by atoms with Gasteiger partial charge in [0.05, 0.1) is 24.2 Å². The third kappa shape index (κ3) is 23.6. The maximum absolute atomic E-state index is 10.5. The summed E-state index contributed by atoms with van der Waals surface area (Å²) in [5.41, 5.74) is 9.28. The van der Waals surface area contributed by atoms with Crippen molar-refractivity contribution in [2.24, 2.45) is 35.5 Å². The molecule has 12 unspecified atom stereocenters. The van der Waals surface area contributed by atoms with Gasteiger partial charge in [0.1, 0.15) is 17.2 Å². The number of phenolic OH excluding ortho intramolecular Hbond substituents is 3. The van der Waals surface area contributed by atoms with Crippen molar-refractivity contribution >= 4 is 56.8 Å². The van der Waals surface area contributed by atoms with Crippen molar-refractivity contribution in [3.63, 3.8) is 0 Å². The molecule has 15 rings (SSSR count). The average molecular weight is 1610 g/mol. The molecule has 9 fully saturated rings. The normalized spacial score (nSPS) is 25.6. The minimum atomic E-state index is -1.67. The second-order valence-electron chi connectivity index (χ2n) is 34.6. The molecule has 3 radical (unpaired) electrons. The summed E-state index contributed by atoms with van der Waals surface area (Å²) >= 11 is 0. The Morgan fingerprint density at radius 2 is 0.491 bits per heavy atom. The smallest absolute Gasteiger partial charge is 0.114 e. The van der Waals surface area contributed by atoms with E-state index in [9.17, 15) is 15.3 Å². The van der Waals surface area contributed by atoms with Gasteiger partial charge >= 0.3 is 0 Å². The number of phenols is 3. The summed E-state index contributed by atoms with van der Waals surface area (Å²) in [6.45, 7) is 34.8. The van der Waals surface area contributed by atoms with Gasteiger partial charge in [-0.3, -0.25) is 0 Å². The maximum Gasteiger partial charge on any atom is 0.114 e. The quantitative estimate of drug-likeness (QED) is 0.0820. The second-order valence-corrected chi connectivity index (χ2v) is 48.8. The molecule has 9 aliphatic rings. The Balaban J connectivity index is 0.000000282. The molecule has 3 saturated heterocycles. The number of aromatic hydroxyl groups is 3. The van der Waals surface area contributed by atoms with E-state index in [0.29, 0.717) is 17.2 Å². The van der Waals surface area contributed by atoms with Gasteiger partial charge in [0.2, 0.25) is 0 Å². The van der Waals surface area contributed by atoms with E-state index in [4.69, 9.17) is 0 Å². The molecule has 6 aliphatic carbocycles. The van der Waals surface area contributed by atoms with Crippen LogP contribution in [0.5, 0.6) is 17.2 Å². The van der Waals surface area contributed by atoms with E-state index in [2.05, 4.69) is 144 Å². The van der Waals surface area contributed by atoms with Crippen LogP contribution >= 0.6 is 0 Å². The van der Waals surface area contributed by atoms with Crippen molar-refractivity contribution in [2.45, 2.75) is 209 Å². The number of hydrogen-bond acceptors (Lipinski definition) is 9. The number of hydrogen-bond donors (Lipinski definition) is 3. The molecular weight excluding hydrogens is 1470 g/mol. The number of anilines is 3. The summed E-state index contributed by atoms with van der Waals surface area (Å²) in [5.74, 6) is 7.16. The fraction of sp³-hybridized carbons (Fsp3) is 0.548. The van der Waals surface area contributed by atoms with Crippen molar-refractivity contribution in [3.05, 3.63) is 205 Å². The van der Waals surface area contributed by atoms with Gasteiger partial charge in [-0.1, -0.05) is 205 Å². The first-order valence-corrected chi connectivity index (χ1v) is 49.5. The molecular formula is C93H144N6O3Sc3Si3-6. The van der Waals surface area contributed by atoms with E-state index in [1.54, 1.807) is 0 Å². The van der Waals surface area contributed by atoms with Crippen LogP contribution in [0.1, 0.15) is 152 Å². The average Bonchev–Trinajstić information content (AvgIpc) is 1.60. The summed E-state index contributed by atoms with van der Waals surface area (Å²) in [5, 5.41) is 35.4. The number of fused-ring (bicyclic) bond motifs is 3. The van der Waals surface area contributed by atoms with Crippen LogP contribution in [-0.2, 0) is 77.5 Å². The van der Waals surface area contributed by atoms with Gasteiger partial charge in [0.25, 0.3) is 0 Å². The molecule has 15 heteroatoms. The van der Waals surface area contributed by atoms with Crippen molar-refractivity contribution in [3.8, 4) is 17.2 Å². The van der Waals surface area contributed by atoms with Crippen LogP contribution in [-0.4, -0.2) is 154 Å². The molecule has 6 aromatic carbocycles. The minimum absolute atomic E-state index is 0. The standard InChI is InChI=1S/3C21H33NOSi.3C9H12N.3CH3.3Sc/c3*1-24(2,20-12-6-5-11-19(20)23)21-15-18(22-13-7-8-14-22)16-9-3-4-10-17(16)21;3*1-8-6-4-5-7-9(8)10(2)3;;;;;;/h3*5-6,11-12,16-18,21,23H,3-4,7-10,13-15H2,1-2H3;3*4-7H,1H2,2-3H3;3*1H3;;;/q;;;6*-1;;;. The Kier molecular flexibility index (Phi) is 40.7. The van der Waals surface area contributed by atoms with Gasteiger partial charge < -0.3 is 67.0 Å². The molecule has 108 heavy (non-hydrogen) atoms. The van der Waals surface area contributed by atoms with Gasteiger partial charge in [-0.2, -0.15) is 55.7 Å². The predicted molar refractivity (Wildman–Crippen MR) is 466 cm³/mol. The molecule has 591 valence electrons. The van der Waals surface area contributed by atoms with Crippen LogP contribution in [0, 0.1) is 78.6 Å². The Bertz CT molecular complexity index is 3190. The molecule has 6 aromatic rings. The molecule has 9 nitrogen and oxygen atoms in total. The third-order valence-electron chi connectivity index (χ3n) is 27.0. The molecule has 3 heterocycles. The zero-order valence-corrected chi connectivity index (χ0v) is 78.7. The molecule has 0 amide bonds. The van der Waals surface area contributed by atoms with Crippen molar-refractivity contribution < 1.29 is 92.8 Å². The molecule has 0 spiro atoms. The van der Waals surface area contributed by atoms with E-state index >= 15 is 0 Å². The zero-order valence-electron chi connectivity index (χ0n) is 70.3. The summed E-state index contributed by atoms with van der Waals surface area (Å²) < 4.78 is 0. The summed E-state index contributed by atoms with van der Waals surface area (Å²) in [6, 6.07) is 51.3. The van der Waals surface area contributed by atoms with Gasteiger partial charge in [-0.15, -0.1) is 18.2 Å². The summed E-state index contributed by atoms with van der Waals surface area (Å²) in [7, 11) is 7.10. The van der Waals surface area contributed by atoms with Crippen LogP contribution in [0.15, 0.2) is 146 Å². The first kappa shape index (κ1) is 97.2. The van der Waals surface area contributed by atoms with Gasteiger partial charge in [-0.25, -0.2) is 0 Å². The third-order valence-corrected chi connectivity index (χ3v) is 40.0. The van der Waals surface area contributed by atoms with Crippen LogP contribution in [0.4, 0.5) is 17.1 Å². The first-order chi connectivity index (χ1) is 48.9. The van der Waals surface area contributed by atoms with Gasteiger partial charge in [0, 0.05) is 95.7 Å².